The van der Waals surface area contributed by atoms with Crippen molar-refractivity contribution in [2.75, 3.05) is 20.3 Å². The molecule has 0 aromatic heterocycles. The van der Waals surface area contributed by atoms with Gasteiger partial charge in [0.2, 0.25) is 0 Å². The van der Waals surface area contributed by atoms with Crippen molar-refractivity contribution >= 4 is 12.1 Å². The molecule has 1 saturated carbocycles. The number of carbonyl (C=O) groups excluding carboxylic acids is 2. The molecule has 1 aromatic carbocycles. The number of nitrogens with zero attached hydrogens (tertiary/aromatic N) is 1. The Balaban J connectivity index is 1.43. The third-order valence-electron chi connectivity index (χ3n) is 5.84. The minimum absolute atomic E-state index is 0.000608. The Kier molecular flexibility index (Phi) is 8.20. The Morgan fingerprint density at radius 2 is 1.72 bits per heavy atom. The van der Waals surface area contributed by atoms with Gasteiger partial charge in [0.25, 0.3) is 0 Å². The number of carbonyl (C=O) groups is 2. The molecule has 1 heterocycles. The summed E-state index contributed by atoms with van der Waals surface area (Å²) in [4.78, 5) is 26.8. The Hall–Kier alpha value is -2.24. The minimum Gasteiger partial charge on any atom is -0.497 e. The van der Waals surface area contributed by atoms with Gasteiger partial charge in [0.1, 0.15) is 17.9 Å². The third-order valence-corrected chi connectivity index (χ3v) is 5.84. The predicted octanol–water partition coefficient (Wildman–Crippen LogP) is 4.49. The summed E-state index contributed by atoms with van der Waals surface area (Å²) in [5.74, 6) is 0.526. The molecule has 1 unspecified atom stereocenters. The Morgan fingerprint density at radius 1 is 1.00 bits per heavy atom. The molecule has 0 bridgehead atoms. The van der Waals surface area contributed by atoms with Crippen LogP contribution in [0.15, 0.2) is 24.3 Å². The summed E-state index contributed by atoms with van der Waals surface area (Å²) in [6.07, 6.45) is 9.00. The number of rotatable bonds is 7. The molecule has 6 nitrogen and oxygen atoms in total. The van der Waals surface area contributed by atoms with Gasteiger partial charge in [0.15, 0.2) is 0 Å². The first kappa shape index (κ1) is 21.5. The van der Waals surface area contributed by atoms with E-state index in [2.05, 4.69) is 0 Å². The first-order chi connectivity index (χ1) is 14.2. The summed E-state index contributed by atoms with van der Waals surface area (Å²) in [6.45, 7) is 0.921. The lowest BCUT2D eigenvalue weighted by atomic mass is 9.98. The molecule has 0 N–H and O–H groups in total. The van der Waals surface area contributed by atoms with Crippen LogP contribution in [-0.4, -0.2) is 49.4 Å². The quantitative estimate of drug-likeness (QED) is 0.496. The fourth-order valence-corrected chi connectivity index (χ4v) is 4.13. The lowest BCUT2D eigenvalue weighted by molar-refractivity contribution is -0.151. The van der Waals surface area contributed by atoms with E-state index < -0.39 is 6.04 Å². The number of aryl methyl sites for hydroxylation is 1. The van der Waals surface area contributed by atoms with E-state index in [1.165, 1.54) is 12.0 Å². The van der Waals surface area contributed by atoms with Crippen molar-refractivity contribution in [3.8, 4) is 5.75 Å². The number of likely N-dealkylation sites (tertiary alicyclic amines) is 1. The Labute approximate surface area is 173 Å². The summed E-state index contributed by atoms with van der Waals surface area (Å²) >= 11 is 0. The monoisotopic (exact) mass is 403 g/mol. The van der Waals surface area contributed by atoms with Crippen LogP contribution in [0.1, 0.15) is 63.4 Å². The van der Waals surface area contributed by atoms with Crippen LogP contribution in [0.3, 0.4) is 0 Å². The van der Waals surface area contributed by atoms with Gasteiger partial charge in [-0.25, -0.2) is 9.59 Å². The van der Waals surface area contributed by atoms with Crippen LogP contribution >= 0.6 is 0 Å². The van der Waals surface area contributed by atoms with Crippen LogP contribution in [0.2, 0.25) is 0 Å². The van der Waals surface area contributed by atoms with E-state index in [9.17, 15) is 9.59 Å². The van der Waals surface area contributed by atoms with Crippen LogP contribution < -0.4 is 4.74 Å². The molecule has 0 radical (unpaired) electrons. The second kappa shape index (κ2) is 11.1. The van der Waals surface area contributed by atoms with Gasteiger partial charge < -0.3 is 14.2 Å². The standard InChI is InChI=1S/C23H33NO5/c1-27-19-14-12-18(13-15-19)8-7-17-28-22(25)21-11-5-6-16-24(21)23(26)29-20-9-3-2-4-10-20/h12-15,20-21H,2-11,16-17H2,1H3. The van der Waals surface area contributed by atoms with Crippen molar-refractivity contribution in [2.24, 2.45) is 0 Å². The van der Waals surface area contributed by atoms with Gasteiger partial charge in [-0.2, -0.15) is 0 Å². The minimum atomic E-state index is -0.513. The molecule has 1 aliphatic carbocycles. The van der Waals surface area contributed by atoms with E-state index in [1.54, 1.807) is 12.0 Å². The third kappa shape index (κ3) is 6.38. The highest BCUT2D eigenvalue weighted by Gasteiger charge is 2.35. The number of hydrogen-bond donors (Lipinski definition) is 0. The Morgan fingerprint density at radius 3 is 2.45 bits per heavy atom. The molecule has 1 aliphatic heterocycles. The SMILES string of the molecule is COc1ccc(CCCOC(=O)C2CCCCN2C(=O)OC2CCCCC2)cc1. The topological polar surface area (TPSA) is 65.1 Å². The summed E-state index contributed by atoms with van der Waals surface area (Å²) in [5, 5.41) is 0. The van der Waals surface area contributed by atoms with Crippen molar-refractivity contribution in [2.45, 2.75) is 76.4 Å². The second-order valence-corrected chi connectivity index (χ2v) is 7.97. The van der Waals surface area contributed by atoms with Gasteiger partial charge in [0.05, 0.1) is 13.7 Å². The molecule has 1 amide bonds. The number of hydrogen-bond acceptors (Lipinski definition) is 5. The molecule has 3 rings (SSSR count). The fourth-order valence-electron chi connectivity index (χ4n) is 4.13. The zero-order chi connectivity index (χ0) is 20.5. The molecule has 2 aliphatic rings. The van der Waals surface area contributed by atoms with Gasteiger partial charge in [0, 0.05) is 6.54 Å². The fraction of sp³-hybridized carbons (Fsp3) is 0.652. The van der Waals surface area contributed by atoms with Crippen LogP contribution in [0.5, 0.6) is 5.75 Å². The highest BCUT2D eigenvalue weighted by atomic mass is 16.6. The average Bonchev–Trinajstić information content (AvgIpc) is 2.77. The number of amides is 1. The maximum Gasteiger partial charge on any atom is 0.410 e. The van der Waals surface area contributed by atoms with Gasteiger partial charge in [-0.05, 0) is 75.5 Å². The lowest BCUT2D eigenvalue weighted by Crippen LogP contribution is -2.49. The molecule has 2 fully saturated rings. The number of benzene rings is 1. The van der Waals surface area contributed by atoms with Gasteiger partial charge >= 0.3 is 12.1 Å². The van der Waals surface area contributed by atoms with E-state index >= 15 is 0 Å². The largest absolute Gasteiger partial charge is 0.497 e. The zero-order valence-electron chi connectivity index (χ0n) is 17.4. The van der Waals surface area contributed by atoms with Crippen LogP contribution in [0.25, 0.3) is 0 Å². The number of ether oxygens (including phenoxy) is 3. The molecule has 29 heavy (non-hydrogen) atoms. The summed E-state index contributed by atoms with van der Waals surface area (Å²) in [7, 11) is 1.65. The lowest BCUT2D eigenvalue weighted by Gasteiger charge is -2.34. The van der Waals surface area contributed by atoms with Crippen molar-refractivity contribution in [1.82, 2.24) is 4.90 Å². The van der Waals surface area contributed by atoms with Crippen LogP contribution in [0, 0.1) is 0 Å². The maximum atomic E-state index is 12.6. The first-order valence-corrected chi connectivity index (χ1v) is 10.9. The van der Waals surface area contributed by atoms with Crippen LogP contribution in [0.4, 0.5) is 4.79 Å². The molecule has 1 aromatic rings. The molecule has 160 valence electrons. The van der Waals surface area contributed by atoms with E-state index in [0.717, 1.165) is 57.1 Å². The van der Waals surface area contributed by atoms with Gasteiger partial charge in [-0.1, -0.05) is 18.6 Å². The zero-order valence-corrected chi connectivity index (χ0v) is 17.4. The highest BCUT2D eigenvalue weighted by molar-refractivity contribution is 5.81. The van der Waals surface area contributed by atoms with Gasteiger partial charge in [-0.15, -0.1) is 0 Å². The molecule has 1 saturated heterocycles. The number of esters is 1. The van der Waals surface area contributed by atoms with Crippen molar-refractivity contribution < 1.29 is 23.8 Å². The average molecular weight is 404 g/mol. The molecule has 6 heteroatoms. The molecule has 0 spiro atoms. The van der Waals surface area contributed by atoms with E-state index in [-0.39, 0.29) is 18.2 Å². The Bertz CT molecular complexity index is 654. The summed E-state index contributed by atoms with van der Waals surface area (Å²) in [6, 6.07) is 7.38. The normalized spacial score (nSPS) is 20.2. The van der Waals surface area contributed by atoms with Gasteiger partial charge in [-0.3, -0.25) is 4.90 Å². The highest BCUT2D eigenvalue weighted by Crippen LogP contribution is 2.24. The van der Waals surface area contributed by atoms with E-state index in [1.807, 2.05) is 24.3 Å². The molecular weight excluding hydrogens is 370 g/mol. The molecule has 1 atom stereocenters. The summed E-state index contributed by atoms with van der Waals surface area (Å²) in [5.41, 5.74) is 1.18. The predicted molar refractivity (Wildman–Crippen MR) is 110 cm³/mol. The number of piperidine rings is 1. The summed E-state index contributed by atoms with van der Waals surface area (Å²) < 4.78 is 16.3. The van der Waals surface area contributed by atoms with Crippen molar-refractivity contribution in [3.63, 3.8) is 0 Å². The maximum absolute atomic E-state index is 12.6. The van der Waals surface area contributed by atoms with Crippen molar-refractivity contribution in [3.05, 3.63) is 29.8 Å². The van der Waals surface area contributed by atoms with Crippen LogP contribution in [-0.2, 0) is 20.7 Å². The molecular formula is C23H33NO5. The smallest absolute Gasteiger partial charge is 0.410 e. The van der Waals surface area contributed by atoms with Crippen molar-refractivity contribution in [1.29, 1.82) is 0 Å². The second-order valence-electron chi connectivity index (χ2n) is 7.97. The van der Waals surface area contributed by atoms with E-state index in [4.69, 9.17) is 14.2 Å². The van der Waals surface area contributed by atoms with E-state index in [0.29, 0.717) is 19.6 Å². The first-order valence-electron chi connectivity index (χ1n) is 10.9. The number of methoxy groups -OCH3 is 1.